The Kier molecular flexibility index (Phi) is 7.88. The van der Waals surface area contributed by atoms with E-state index in [4.69, 9.17) is 4.74 Å². The number of sulfonamides is 1. The summed E-state index contributed by atoms with van der Waals surface area (Å²) in [6.45, 7) is 5.35. The molecule has 0 fully saturated rings. The summed E-state index contributed by atoms with van der Waals surface area (Å²) in [5, 5.41) is 2.78. The molecule has 0 aliphatic rings. The molecule has 0 radical (unpaired) electrons. The maximum atomic E-state index is 12.0. The minimum absolute atomic E-state index is 0.0491. The molecule has 0 unspecified atom stereocenters. The Labute approximate surface area is 138 Å². The summed E-state index contributed by atoms with van der Waals surface area (Å²) >= 11 is 0. The summed E-state index contributed by atoms with van der Waals surface area (Å²) in [6, 6.07) is 6.91. The Bertz CT molecular complexity index is 585. The molecule has 0 heterocycles. The van der Waals surface area contributed by atoms with Crippen LogP contribution < -0.4 is 14.4 Å². The van der Waals surface area contributed by atoms with Gasteiger partial charge in [0, 0.05) is 19.5 Å². The van der Waals surface area contributed by atoms with E-state index >= 15 is 0 Å². The van der Waals surface area contributed by atoms with Crippen molar-refractivity contribution in [3.05, 3.63) is 24.3 Å². The molecule has 1 amide bonds. The summed E-state index contributed by atoms with van der Waals surface area (Å²) in [4.78, 5) is 11.6. The minimum Gasteiger partial charge on any atom is -0.494 e. The summed E-state index contributed by atoms with van der Waals surface area (Å²) in [5.74, 6) is 0.649. The molecular formula is C16H26N2O4S. The molecule has 0 saturated heterocycles. The van der Waals surface area contributed by atoms with Gasteiger partial charge in [-0.15, -0.1) is 0 Å². The Balaban J connectivity index is 2.68. The van der Waals surface area contributed by atoms with Gasteiger partial charge < -0.3 is 10.1 Å². The van der Waals surface area contributed by atoms with E-state index < -0.39 is 10.0 Å². The number of hydrogen-bond donors (Lipinski definition) is 1. The Morgan fingerprint density at radius 3 is 2.39 bits per heavy atom. The van der Waals surface area contributed by atoms with Crippen molar-refractivity contribution >= 4 is 21.6 Å². The Morgan fingerprint density at radius 1 is 1.22 bits per heavy atom. The van der Waals surface area contributed by atoms with Gasteiger partial charge >= 0.3 is 0 Å². The number of anilines is 1. The van der Waals surface area contributed by atoms with Gasteiger partial charge in [0.15, 0.2) is 0 Å². The van der Waals surface area contributed by atoms with E-state index in [2.05, 4.69) is 5.32 Å². The van der Waals surface area contributed by atoms with Gasteiger partial charge in [-0.2, -0.15) is 0 Å². The molecule has 7 heteroatoms. The second-order valence-corrected chi connectivity index (χ2v) is 7.12. The highest BCUT2D eigenvalue weighted by Gasteiger charge is 2.17. The number of nitrogens with zero attached hydrogens (tertiary/aromatic N) is 1. The minimum atomic E-state index is -3.40. The first-order valence-corrected chi connectivity index (χ1v) is 9.70. The van der Waals surface area contributed by atoms with Crippen LogP contribution in [0.15, 0.2) is 24.3 Å². The first-order chi connectivity index (χ1) is 10.9. The van der Waals surface area contributed by atoms with Crippen molar-refractivity contribution in [1.29, 1.82) is 0 Å². The number of hydrogen-bond acceptors (Lipinski definition) is 4. The topological polar surface area (TPSA) is 75.7 Å². The van der Waals surface area contributed by atoms with E-state index in [1.54, 1.807) is 24.3 Å². The number of amides is 1. The Hall–Kier alpha value is -1.76. The fraction of sp³-hybridized carbons (Fsp3) is 0.562. The largest absolute Gasteiger partial charge is 0.494 e. The second-order valence-electron chi connectivity index (χ2n) is 5.22. The van der Waals surface area contributed by atoms with Gasteiger partial charge in [-0.05, 0) is 44.0 Å². The van der Waals surface area contributed by atoms with Crippen molar-refractivity contribution in [2.45, 2.75) is 33.1 Å². The third-order valence-corrected chi connectivity index (χ3v) is 4.37. The first-order valence-electron chi connectivity index (χ1n) is 7.85. The van der Waals surface area contributed by atoms with Crippen molar-refractivity contribution in [3.8, 4) is 5.75 Å². The quantitative estimate of drug-likeness (QED) is 0.707. The van der Waals surface area contributed by atoms with Crippen molar-refractivity contribution in [3.63, 3.8) is 0 Å². The highest BCUT2D eigenvalue weighted by atomic mass is 32.2. The maximum absolute atomic E-state index is 12.0. The second kappa shape index (κ2) is 9.39. The third-order valence-electron chi connectivity index (χ3n) is 3.17. The van der Waals surface area contributed by atoms with Crippen molar-refractivity contribution < 1.29 is 17.9 Å². The summed E-state index contributed by atoms with van der Waals surface area (Å²) in [5.41, 5.74) is 0.574. The number of ether oxygens (including phenoxy) is 1. The molecular weight excluding hydrogens is 316 g/mol. The van der Waals surface area contributed by atoms with E-state index in [9.17, 15) is 13.2 Å². The van der Waals surface area contributed by atoms with Gasteiger partial charge in [0.25, 0.3) is 0 Å². The molecule has 130 valence electrons. The van der Waals surface area contributed by atoms with Crippen LogP contribution in [-0.2, 0) is 14.8 Å². The molecule has 0 aromatic heterocycles. The zero-order valence-electron chi connectivity index (χ0n) is 14.0. The Morgan fingerprint density at radius 2 is 1.87 bits per heavy atom. The van der Waals surface area contributed by atoms with E-state index in [0.29, 0.717) is 37.4 Å². The van der Waals surface area contributed by atoms with Crippen LogP contribution in [0, 0.1) is 0 Å². The van der Waals surface area contributed by atoms with Gasteiger partial charge in [-0.3, -0.25) is 9.10 Å². The molecule has 0 saturated carbocycles. The molecule has 23 heavy (non-hydrogen) atoms. The lowest BCUT2D eigenvalue weighted by Gasteiger charge is -2.22. The van der Waals surface area contributed by atoms with E-state index in [0.717, 1.165) is 6.42 Å². The average molecular weight is 342 g/mol. The van der Waals surface area contributed by atoms with Crippen LogP contribution in [0.4, 0.5) is 5.69 Å². The third kappa shape index (κ3) is 6.90. The maximum Gasteiger partial charge on any atom is 0.232 e. The summed E-state index contributed by atoms with van der Waals surface area (Å²) in [7, 11) is -3.40. The van der Waals surface area contributed by atoms with Crippen LogP contribution in [0.2, 0.25) is 0 Å². The number of carbonyl (C=O) groups excluding carboxylic acids is 1. The zero-order chi connectivity index (χ0) is 17.3. The number of rotatable bonds is 10. The van der Waals surface area contributed by atoms with Crippen LogP contribution in [0.25, 0.3) is 0 Å². The van der Waals surface area contributed by atoms with Gasteiger partial charge in [0.1, 0.15) is 5.75 Å². The molecule has 0 bridgehead atoms. The fourth-order valence-electron chi connectivity index (χ4n) is 2.10. The van der Waals surface area contributed by atoms with Crippen LogP contribution in [0.5, 0.6) is 5.75 Å². The highest BCUT2D eigenvalue weighted by molar-refractivity contribution is 7.92. The van der Waals surface area contributed by atoms with Gasteiger partial charge in [-0.25, -0.2) is 8.42 Å². The van der Waals surface area contributed by atoms with Crippen molar-refractivity contribution in [2.75, 3.05) is 30.3 Å². The average Bonchev–Trinajstić information content (AvgIpc) is 2.50. The molecule has 1 rings (SSSR count). The van der Waals surface area contributed by atoms with Crippen molar-refractivity contribution in [2.24, 2.45) is 0 Å². The predicted molar refractivity (Wildman–Crippen MR) is 92.3 cm³/mol. The van der Waals surface area contributed by atoms with E-state index in [1.165, 1.54) is 10.6 Å². The van der Waals surface area contributed by atoms with Crippen LogP contribution in [0.3, 0.4) is 0 Å². The molecule has 0 atom stereocenters. The smallest absolute Gasteiger partial charge is 0.232 e. The fourth-order valence-corrected chi connectivity index (χ4v) is 3.06. The SMILES string of the molecule is CCCNC(=O)CCCN(c1ccc(OCC)cc1)S(C)(=O)=O. The van der Waals surface area contributed by atoms with Gasteiger partial charge in [-0.1, -0.05) is 6.92 Å². The van der Waals surface area contributed by atoms with Crippen LogP contribution >= 0.6 is 0 Å². The monoisotopic (exact) mass is 342 g/mol. The summed E-state index contributed by atoms with van der Waals surface area (Å²) in [6.07, 6.45) is 2.83. The lowest BCUT2D eigenvalue weighted by atomic mass is 10.2. The van der Waals surface area contributed by atoms with Crippen molar-refractivity contribution in [1.82, 2.24) is 5.32 Å². The van der Waals surface area contributed by atoms with E-state index in [1.807, 2.05) is 13.8 Å². The van der Waals surface area contributed by atoms with Gasteiger partial charge in [0.2, 0.25) is 15.9 Å². The normalized spacial score (nSPS) is 11.1. The molecule has 0 aliphatic heterocycles. The van der Waals surface area contributed by atoms with E-state index in [-0.39, 0.29) is 12.5 Å². The van der Waals surface area contributed by atoms with Gasteiger partial charge in [0.05, 0.1) is 18.6 Å². The van der Waals surface area contributed by atoms with Crippen LogP contribution in [0.1, 0.15) is 33.1 Å². The first kappa shape index (κ1) is 19.3. The van der Waals surface area contributed by atoms with Crippen LogP contribution in [-0.4, -0.2) is 40.3 Å². The molecule has 0 aliphatic carbocycles. The molecule has 1 aromatic rings. The number of benzene rings is 1. The zero-order valence-corrected chi connectivity index (χ0v) is 14.9. The molecule has 6 nitrogen and oxygen atoms in total. The molecule has 1 N–H and O–H groups in total. The highest BCUT2D eigenvalue weighted by Crippen LogP contribution is 2.22. The molecule has 0 spiro atoms. The number of nitrogens with one attached hydrogen (secondary N) is 1. The number of carbonyl (C=O) groups is 1. The summed E-state index contributed by atoms with van der Waals surface area (Å²) < 4.78 is 30.6. The lowest BCUT2D eigenvalue weighted by molar-refractivity contribution is -0.121. The molecule has 1 aromatic carbocycles. The standard InChI is InChI=1S/C16H26N2O4S/c1-4-12-17-16(19)7-6-13-18(23(3,20)21)14-8-10-15(11-9-14)22-5-2/h8-11H,4-7,12-13H2,1-3H3,(H,17,19). The predicted octanol–water partition coefficient (Wildman–Crippen LogP) is 2.16. The lowest BCUT2D eigenvalue weighted by Crippen LogP contribution is -2.32.